The largest absolute Gasteiger partial charge is 0.204 e. The lowest BCUT2D eigenvalue weighted by Crippen LogP contribution is -1.97. The summed E-state index contributed by atoms with van der Waals surface area (Å²) in [6.07, 6.45) is 0. The van der Waals surface area contributed by atoms with Crippen molar-refractivity contribution in [2.45, 2.75) is 13.8 Å². The van der Waals surface area contributed by atoms with Crippen LogP contribution < -0.4 is 0 Å². The second kappa shape index (κ2) is 7.85. The van der Waals surface area contributed by atoms with E-state index in [1.54, 1.807) is 12.1 Å². The van der Waals surface area contributed by atoms with Gasteiger partial charge in [-0.3, -0.25) is 0 Å². The lowest BCUT2D eigenvalue weighted by atomic mass is 10.1. The van der Waals surface area contributed by atoms with Gasteiger partial charge in [0.2, 0.25) is 0 Å². The minimum Gasteiger partial charge on any atom is -0.204 e. The first kappa shape index (κ1) is 18.4. The highest BCUT2D eigenvalue weighted by molar-refractivity contribution is 5.49. The van der Waals surface area contributed by atoms with E-state index in [-0.39, 0.29) is 11.1 Å². The topological polar surface area (TPSA) is 0 Å². The molecule has 0 amide bonds. The van der Waals surface area contributed by atoms with Crippen LogP contribution in [0.5, 0.6) is 0 Å². The van der Waals surface area contributed by atoms with Gasteiger partial charge in [0, 0.05) is 27.8 Å². The average molecular weight is 360 g/mol. The van der Waals surface area contributed by atoms with Gasteiger partial charge in [-0.1, -0.05) is 41.4 Å². The number of benzene rings is 3. The Morgan fingerprint density at radius 3 is 1.56 bits per heavy atom. The van der Waals surface area contributed by atoms with E-state index in [2.05, 4.69) is 23.7 Å². The summed E-state index contributed by atoms with van der Waals surface area (Å²) in [6.45, 7) is 3.39. The molecule has 0 saturated heterocycles. The van der Waals surface area contributed by atoms with Crippen molar-refractivity contribution in [1.29, 1.82) is 0 Å². The van der Waals surface area contributed by atoms with E-state index in [1.165, 1.54) is 12.5 Å². The van der Waals surface area contributed by atoms with Crippen LogP contribution in [0.1, 0.15) is 33.4 Å². The molecule has 0 bridgehead atoms. The summed E-state index contributed by atoms with van der Waals surface area (Å²) < 4.78 is 40.1. The van der Waals surface area contributed by atoms with Gasteiger partial charge in [0.1, 0.15) is 0 Å². The monoisotopic (exact) mass is 360 g/mol. The number of hydrogen-bond acceptors (Lipinski definition) is 0. The predicted octanol–water partition coefficient (Wildman–Crippen LogP) is 5.52. The Kier molecular flexibility index (Phi) is 5.34. The maximum atomic E-state index is 13.6. The maximum Gasteiger partial charge on any atom is 0.194 e. The summed E-state index contributed by atoms with van der Waals surface area (Å²) in [5.74, 6) is 7.74. The number of rotatable bonds is 0. The van der Waals surface area contributed by atoms with Crippen LogP contribution in [-0.2, 0) is 0 Å². The Bertz CT molecular complexity index is 1100. The second-order valence-electron chi connectivity index (χ2n) is 6.10. The molecule has 27 heavy (non-hydrogen) atoms. The van der Waals surface area contributed by atoms with Gasteiger partial charge in [0.15, 0.2) is 17.5 Å². The summed E-state index contributed by atoms with van der Waals surface area (Å²) in [5.41, 5.74) is 3.72. The molecule has 0 radical (unpaired) electrons. The van der Waals surface area contributed by atoms with Crippen molar-refractivity contribution in [2.75, 3.05) is 0 Å². The smallest absolute Gasteiger partial charge is 0.194 e. The van der Waals surface area contributed by atoms with Crippen molar-refractivity contribution in [3.05, 3.63) is 105 Å². The van der Waals surface area contributed by atoms with E-state index >= 15 is 0 Å². The van der Waals surface area contributed by atoms with Crippen molar-refractivity contribution in [2.24, 2.45) is 0 Å². The fourth-order valence-corrected chi connectivity index (χ4v) is 2.37. The van der Waals surface area contributed by atoms with Crippen LogP contribution in [0.15, 0.2) is 54.6 Å². The zero-order valence-electron chi connectivity index (χ0n) is 14.8. The van der Waals surface area contributed by atoms with Crippen molar-refractivity contribution in [3.63, 3.8) is 0 Å². The third kappa shape index (κ3) is 4.40. The third-order valence-corrected chi connectivity index (χ3v) is 4.04. The quantitative estimate of drug-likeness (QED) is 0.366. The summed E-state index contributed by atoms with van der Waals surface area (Å²) in [5, 5.41) is 0. The molecule has 3 heteroatoms. The molecule has 0 aromatic heterocycles. The van der Waals surface area contributed by atoms with Crippen LogP contribution in [0.25, 0.3) is 0 Å². The van der Waals surface area contributed by atoms with Gasteiger partial charge in [-0.15, -0.1) is 0 Å². The molecule has 3 rings (SSSR count). The number of aryl methyl sites for hydroxylation is 1. The highest BCUT2D eigenvalue weighted by Gasteiger charge is 2.14. The Morgan fingerprint density at radius 2 is 1.04 bits per heavy atom. The van der Waals surface area contributed by atoms with Gasteiger partial charge < -0.3 is 0 Å². The molecule has 0 N–H and O–H groups in total. The zero-order valence-corrected chi connectivity index (χ0v) is 14.8. The summed E-state index contributed by atoms with van der Waals surface area (Å²) in [7, 11) is 0. The van der Waals surface area contributed by atoms with Crippen LogP contribution in [0, 0.1) is 55.0 Å². The minimum atomic E-state index is -1.48. The third-order valence-electron chi connectivity index (χ3n) is 4.04. The van der Waals surface area contributed by atoms with E-state index in [4.69, 9.17) is 0 Å². The lowest BCUT2D eigenvalue weighted by molar-refractivity contribution is 0.443. The van der Waals surface area contributed by atoms with Crippen LogP contribution in [-0.4, -0.2) is 0 Å². The van der Waals surface area contributed by atoms with Crippen molar-refractivity contribution >= 4 is 0 Å². The van der Waals surface area contributed by atoms with E-state index in [9.17, 15) is 13.2 Å². The van der Waals surface area contributed by atoms with Gasteiger partial charge in [-0.25, -0.2) is 13.2 Å². The van der Waals surface area contributed by atoms with E-state index in [1.807, 2.05) is 43.3 Å². The van der Waals surface area contributed by atoms with Gasteiger partial charge in [-0.2, -0.15) is 0 Å². The van der Waals surface area contributed by atoms with Crippen LogP contribution >= 0.6 is 0 Å². The van der Waals surface area contributed by atoms with Crippen molar-refractivity contribution < 1.29 is 13.2 Å². The molecule has 0 saturated carbocycles. The minimum absolute atomic E-state index is 0.0121. The molecule has 0 aliphatic rings. The number of hydrogen-bond donors (Lipinski definition) is 0. The maximum absolute atomic E-state index is 13.6. The lowest BCUT2D eigenvalue weighted by Gasteiger charge is -2.02. The van der Waals surface area contributed by atoms with Crippen LogP contribution in [0.2, 0.25) is 0 Å². The molecule has 0 unspecified atom stereocenters. The highest BCUT2D eigenvalue weighted by Crippen LogP contribution is 2.18. The van der Waals surface area contributed by atoms with Gasteiger partial charge >= 0.3 is 0 Å². The number of halogens is 3. The Morgan fingerprint density at radius 1 is 0.593 bits per heavy atom. The first-order chi connectivity index (χ1) is 12.9. The first-order valence-electron chi connectivity index (χ1n) is 8.29. The van der Waals surface area contributed by atoms with Crippen molar-refractivity contribution in [1.82, 2.24) is 0 Å². The molecule has 132 valence electrons. The average Bonchev–Trinajstić information content (AvgIpc) is 2.68. The fraction of sp³-hybridized carbons (Fsp3) is 0.0833. The van der Waals surface area contributed by atoms with Gasteiger partial charge in [-0.05, 0) is 56.3 Å². The summed E-state index contributed by atoms with van der Waals surface area (Å²) in [6, 6.07) is 16.0. The van der Waals surface area contributed by atoms with Gasteiger partial charge in [0.05, 0.1) is 0 Å². The van der Waals surface area contributed by atoms with Crippen LogP contribution in [0.4, 0.5) is 13.2 Å². The molecule has 3 aromatic carbocycles. The molecule has 0 atom stereocenters. The standard InChI is InChI=1S/C24H15F3/c1-16-3-5-18(6-4-16)7-8-19-9-11-20(12-10-19)13-14-21-15-22(25)24(27)23(26)17(21)2/h3-6,9-12,15H,1-2H3. The molecule has 0 spiro atoms. The summed E-state index contributed by atoms with van der Waals surface area (Å²) >= 11 is 0. The Labute approximate surface area is 156 Å². The Balaban J connectivity index is 1.80. The van der Waals surface area contributed by atoms with Crippen LogP contribution in [0.3, 0.4) is 0 Å². The molecule has 0 aliphatic heterocycles. The van der Waals surface area contributed by atoms with Gasteiger partial charge in [0.25, 0.3) is 0 Å². The predicted molar refractivity (Wildman–Crippen MR) is 101 cm³/mol. The first-order valence-corrected chi connectivity index (χ1v) is 8.29. The molecule has 0 nitrogen and oxygen atoms in total. The fourth-order valence-electron chi connectivity index (χ4n) is 2.37. The molecule has 3 aromatic rings. The normalized spacial score (nSPS) is 9.81. The molecular formula is C24H15F3. The SMILES string of the molecule is Cc1ccc(C#Cc2ccc(C#Cc3cc(F)c(F)c(F)c3C)cc2)cc1. The Hall–Kier alpha value is -3.43. The molecule has 0 heterocycles. The zero-order chi connectivity index (χ0) is 19.4. The summed E-state index contributed by atoms with van der Waals surface area (Å²) in [4.78, 5) is 0. The van der Waals surface area contributed by atoms with Crippen molar-refractivity contribution in [3.8, 4) is 23.7 Å². The highest BCUT2D eigenvalue weighted by atomic mass is 19.2. The van der Waals surface area contributed by atoms with E-state index < -0.39 is 17.5 Å². The second-order valence-corrected chi connectivity index (χ2v) is 6.10. The van der Waals surface area contributed by atoms with E-state index in [0.717, 1.165) is 17.2 Å². The molecular weight excluding hydrogens is 345 g/mol. The molecule has 0 fully saturated rings. The molecule has 0 aliphatic carbocycles. The van der Waals surface area contributed by atoms with E-state index in [0.29, 0.717) is 5.56 Å².